The highest BCUT2D eigenvalue weighted by Crippen LogP contribution is 2.16. The number of hydrogen-bond acceptors (Lipinski definition) is 6. The van der Waals surface area contributed by atoms with Gasteiger partial charge in [0, 0.05) is 0 Å². The maximum Gasteiger partial charge on any atom is 0.420 e. The highest BCUT2D eigenvalue weighted by Gasteiger charge is 2.39. The van der Waals surface area contributed by atoms with Crippen molar-refractivity contribution >= 4 is 18.2 Å². The van der Waals surface area contributed by atoms with Crippen LogP contribution in [0.5, 0.6) is 0 Å². The van der Waals surface area contributed by atoms with Gasteiger partial charge in [-0.2, -0.15) is 4.90 Å². The van der Waals surface area contributed by atoms with Crippen molar-refractivity contribution in [3.05, 3.63) is 0 Å². The third kappa shape index (κ3) is 6.94. The molecule has 2 amide bonds. The van der Waals surface area contributed by atoms with Crippen molar-refractivity contribution in [3.63, 3.8) is 0 Å². The second-order valence-corrected chi connectivity index (χ2v) is 6.37. The van der Waals surface area contributed by atoms with E-state index in [-0.39, 0.29) is 4.90 Å². The molecule has 0 saturated carbocycles. The molecular weight excluding hydrogens is 282 g/mol. The van der Waals surface area contributed by atoms with Crippen LogP contribution in [0.2, 0.25) is 0 Å². The number of nitrogens with zero attached hydrogens (tertiary/aromatic N) is 1. The summed E-state index contributed by atoms with van der Waals surface area (Å²) in [6.45, 7) is 8.42. The molecule has 0 rings (SSSR count). The topological polar surface area (TPSA) is 113 Å². The van der Waals surface area contributed by atoms with Crippen LogP contribution >= 0.6 is 0 Å². The van der Waals surface area contributed by atoms with Gasteiger partial charge in [-0.3, -0.25) is 0 Å². The van der Waals surface area contributed by atoms with Gasteiger partial charge in [-0.05, 0) is 41.5 Å². The van der Waals surface area contributed by atoms with Crippen LogP contribution in [-0.4, -0.2) is 57.1 Å². The molecule has 0 unspecified atom stereocenters. The molecule has 0 aliphatic heterocycles. The van der Waals surface area contributed by atoms with Crippen molar-refractivity contribution in [2.75, 3.05) is 6.61 Å². The highest BCUT2D eigenvalue weighted by atomic mass is 16.6. The number of amides is 2. The highest BCUT2D eigenvalue weighted by molar-refractivity contribution is 5.93. The monoisotopic (exact) mass is 305 g/mol. The van der Waals surface area contributed by atoms with Gasteiger partial charge >= 0.3 is 18.2 Å². The van der Waals surface area contributed by atoms with E-state index in [0.717, 1.165) is 0 Å². The van der Waals surface area contributed by atoms with Crippen molar-refractivity contribution in [1.29, 1.82) is 0 Å². The summed E-state index contributed by atoms with van der Waals surface area (Å²) in [7, 11) is 0. The van der Waals surface area contributed by atoms with E-state index in [9.17, 15) is 14.4 Å². The molecule has 0 radical (unpaired) electrons. The van der Waals surface area contributed by atoms with Crippen molar-refractivity contribution < 1.29 is 34.1 Å². The maximum absolute atomic E-state index is 12.0. The molecule has 0 heterocycles. The number of carbonyl (C=O) groups is 3. The molecule has 0 aromatic heterocycles. The van der Waals surface area contributed by atoms with E-state index in [0.29, 0.717) is 0 Å². The average molecular weight is 305 g/mol. The Morgan fingerprint density at radius 2 is 1.29 bits per heavy atom. The second kappa shape index (κ2) is 6.75. The molecular formula is C13H23NO7. The molecule has 0 aliphatic rings. The summed E-state index contributed by atoms with van der Waals surface area (Å²) < 4.78 is 9.96. The van der Waals surface area contributed by atoms with Crippen LogP contribution in [0, 0.1) is 0 Å². The van der Waals surface area contributed by atoms with Crippen molar-refractivity contribution in [1.82, 2.24) is 4.90 Å². The Kier molecular flexibility index (Phi) is 6.16. The minimum absolute atomic E-state index is 0.263. The summed E-state index contributed by atoms with van der Waals surface area (Å²) >= 11 is 0. The Hall–Kier alpha value is -1.83. The summed E-state index contributed by atoms with van der Waals surface area (Å²) in [5, 5.41) is 18.1. The van der Waals surface area contributed by atoms with E-state index in [1.165, 1.54) is 0 Å². The largest absolute Gasteiger partial charge is 0.480 e. The molecule has 8 nitrogen and oxygen atoms in total. The van der Waals surface area contributed by atoms with Crippen LogP contribution in [-0.2, 0) is 14.3 Å². The SMILES string of the molecule is CC(C)(C)OC(=O)N(C(=O)OC(C)(C)C)[C@@H](CO)C(=O)O. The summed E-state index contributed by atoms with van der Waals surface area (Å²) in [4.78, 5) is 35.4. The van der Waals surface area contributed by atoms with E-state index in [1.54, 1.807) is 41.5 Å². The third-order valence-electron chi connectivity index (χ3n) is 1.95. The smallest absolute Gasteiger partial charge is 0.420 e. The number of carbonyl (C=O) groups excluding carboxylic acids is 2. The first-order valence-electron chi connectivity index (χ1n) is 6.37. The van der Waals surface area contributed by atoms with E-state index >= 15 is 0 Å². The van der Waals surface area contributed by atoms with Crippen LogP contribution in [0.4, 0.5) is 9.59 Å². The van der Waals surface area contributed by atoms with Gasteiger partial charge in [0.05, 0.1) is 6.61 Å². The fourth-order valence-corrected chi connectivity index (χ4v) is 1.22. The standard InChI is InChI=1S/C13H23NO7/c1-12(2,3)20-10(18)14(8(7-15)9(16)17)11(19)21-13(4,5)6/h8,15H,7H2,1-6H3,(H,16,17)/t8-/m0/s1. The molecule has 1 atom stereocenters. The number of imide groups is 1. The lowest BCUT2D eigenvalue weighted by Gasteiger charge is -2.30. The molecule has 0 spiro atoms. The first-order valence-corrected chi connectivity index (χ1v) is 6.37. The Morgan fingerprint density at radius 1 is 0.952 bits per heavy atom. The maximum atomic E-state index is 12.0. The lowest BCUT2D eigenvalue weighted by atomic mass is 10.2. The molecule has 0 aliphatic carbocycles. The average Bonchev–Trinajstić information content (AvgIpc) is 2.19. The number of rotatable bonds is 3. The number of hydrogen-bond donors (Lipinski definition) is 2. The minimum atomic E-state index is -1.78. The zero-order valence-corrected chi connectivity index (χ0v) is 13.2. The van der Waals surface area contributed by atoms with Gasteiger partial charge in [0.2, 0.25) is 0 Å². The van der Waals surface area contributed by atoms with Crippen LogP contribution in [0.15, 0.2) is 0 Å². The van der Waals surface area contributed by atoms with Gasteiger partial charge in [-0.15, -0.1) is 0 Å². The van der Waals surface area contributed by atoms with E-state index in [1.807, 2.05) is 0 Å². The molecule has 122 valence electrons. The van der Waals surface area contributed by atoms with Crippen LogP contribution in [0.3, 0.4) is 0 Å². The fourth-order valence-electron chi connectivity index (χ4n) is 1.22. The Morgan fingerprint density at radius 3 is 1.48 bits per heavy atom. The Labute approximate surface area is 123 Å². The Balaban J connectivity index is 5.42. The molecule has 0 aromatic rings. The first kappa shape index (κ1) is 19.2. The van der Waals surface area contributed by atoms with Gasteiger partial charge in [0.15, 0.2) is 6.04 Å². The lowest BCUT2D eigenvalue weighted by Crippen LogP contribution is -2.53. The minimum Gasteiger partial charge on any atom is -0.480 e. The van der Waals surface area contributed by atoms with E-state index < -0.39 is 42.0 Å². The number of aliphatic hydroxyl groups excluding tert-OH is 1. The van der Waals surface area contributed by atoms with Gasteiger partial charge in [-0.25, -0.2) is 14.4 Å². The molecule has 0 bridgehead atoms. The zero-order chi connectivity index (χ0) is 17.0. The normalized spacial score (nSPS) is 13.3. The molecule has 8 heteroatoms. The third-order valence-corrected chi connectivity index (χ3v) is 1.95. The summed E-state index contributed by atoms with van der Waals surface area (Å²) in [6, 6.07) is -1.78. The van der Waals surface area contributed by atoms with Gasteiger partial charge in [0.25, 0.3) is 0 Å². The number of aliphatic carboxylic acids is 1. The molecule has 2 N–H and O–H groups in total. The van der Waals surface area contributed by atoms with Crippen molar-refractivity contribution in [2.45, 2.75) is 58.8 Å². The predicted octanol–water partition coefficient (Wildman–Crippen LogP) is 1.60. The summed E-state index contributed by atoms with van der Waals surface area (Å²) in [5.41, 5.74) is -1.87. The zero-order valence-electron chi connectivity index (χ0n) is 13.2. The number of ether oxygens (including phenoxy) is 2. The van der Waals surface area contributed by atoms with Crippen LogP contribution in [0.25, 0.3) is 0 Å². The van der Waals surface area contributed by atoms with Gasteiger partial charge < -0.3 is 19.7 Å². The van der Waals surface area contributed by atoms with Gasteiger partial charge in [0.1, 0.15) is 11.2 Å². The van der Waals surface area contributed by atoms with E-state index in [4.69, 9.17) is 19.7 Å². The number of carboxylic acids is 1. The van der Waals surface area contributed by atoms with E-state index in [2.05, 4.69) is 0 Å². The first-order chi connectivity index (χ1) is 9.28. The number of aliphatic hydroxyl groups is 1. The molecule has 0 aromatic carbocycles. The summed E-state index contributed by atoms with van der Waals surface area (Å²) in [6.07, 6.45) is -2.39. The Bertz CT molecular complexity index is 378. The van der Waals surface area contributed by atoms with Crippen LogP contribution < -0.4 is 0 Å². The van der Waals surface area contributed by atoms with Crippen molar-refractivity contribution in [3.8, 4) is 0 Å². The van der Waals surface area contributed by atoms with Crippen LogP contribution in [0.1, 0.15) is 41.5 Å². The molecule has 21 heavy (non-hydrogen) atoms. The summed E-state index contributed by atoms with van der Waals surface area (Å²) in [5.74, 6) is -1.55. The number of carboxylic acid groups (broad SMARTS) is 1. The predicted molar refractivity (Wildman–Crippen MR) is 72.8 cm³/mol. The lowest BCUT2D eigenvalue weighted by molar-refractivity contribution is -0.144. The molecule has 0 fully saturated rings. The fraction of sp³-hybridized carbons (Fsp3) is 0.769. The second-order valence-electron chi connectivity index (χ2n) is 6.37. The quantitative estimate of drug-likeness (QED) is 0.814. The van der Waals surface area contributed by atoms with Crippen molar-refractivity contribution in [2.24, 2.45) is 0 Å². The van der Waals surface area contributed by atoms with Gasteiger partial charge in [-0.1, -0.05) is 0 Å². The molecule has 0 saturated heterocycles.